The highest BCUT2D eigenvalue weighted by Crippen LogP contribution is 2.44. The zero-order valence-corrected chi connectivity index (χ0v) is 22.9. The highest BCUT2D eigenvalue weighted by molar-refractivity contribution is 5.72. The number of rotatable bonds is 7. The third-order valence-corrected chi connectivity index (χ3v) is 9.21. The van der Waals surface area contributed by atoms with Crippen LogP contribution < -0.4 is 0 Å². The molecule has 0 spiro atoms. The van der Waals surface area contributed by atoms with Crippen LogP contribution in [0.5, 0.6) is 0 Å². The molecule has 0 radical (unpaired) electrons. The lowest BCUT2D eigenvalue weighted by Gasteiger charge is -2.48. The lowest BCUT2D eigenvalue weighted by Crippen LogP contribution is -2.63. The van der Waals surface area contributed by atoms with E-state index < -0.39 is 92.3 Å². The number of aliphatic hydroxyl groups excluding tert-OH is 5. The van der Waals surface area contributed by atoms with E-state index in [1.807, 2.05) is 6.92 Å². The first-order valence-corrected chi connectivity index (χ1v) is 14.6. The van der Waals surface area contributed by atoms with E-state index in [1.165, 1.54) is 0 Å². The summed E-state index contributed by atoms with van der Waals surface area (Å²) in [6.07, 6.45) is -9.53. The van der Waals surface area contributed by atoms with Gasteiger partial charge in [-0.2, -0.15) is 0 Å². The highest BCUT2D eigenvalue weighted by Gasteiger charge is 2.55. The minimum atomic E-state index is -1.47. The first kappa shape index (κ1) is 30.5. The number of ether oxygens (including phenoxy) is 6. The van der Waals surface area contributed by atoms with Crippen molar-refractivity contribution in [1.82, 2.24) is 0 Å². The summed E-state index contributed by atoms with van der Waals surface area (Å²) in [4.78, 5) is 11.9. The van der Waals surface area contributed by atoms with Crippen molar-refractivity contribution >= 4 is 5.97 Å². The van der Waals surface area contributed by atoms with Crippen LogP contribution >= 0.6 is 0 Å². The fourth-order valence-corrected chi connectivity index (χ4v) is 6.59. The molecule has 5 rings (SSSR count). The van der Waals surface area contributed by atoms with Crippen LogP contribution in [0.1, 0.15) is 58.8 Å². The number of carbonyl (C=O) groups is 1. The van der Waals surface area contributed by atoms with Crippen molar-refractivity contribution in [2.75, 3.05) is 6.61 Å². The van der Waals surface area contributed by atoms with Gasteiger partial charge in [-0.3, -0.25) is 0 Å². The van der Waals surface area contributed by atoms with E-state index in [1.54, 1.807) is 6.92 Å². The van der Waals surface area contributed by atoms with E-state index in [9.17, 15) is 35.4 Å². The number of hydrogen-bond donors (Lipinski definition) is 6. The molecule has 0 aromatic carbocycles. The number of aliphatic carboxylic acids is 1. The molecule has 0 bridgehead atoms. The maximum absolute atomic E-state index is 11.9. The molecule has 2 saturated carbocycles. The Morgan fingerprint density at radius 3 is 2.33 bits per heavy atom. The number of hydrogen-bond acceptors (Lipinski definition) is 12. The zero-order chi connectivity index (χ0) is 28.7. The molecule has 230 valence electrons. The second-order valence-electron chi connectivity index (χ2n) is 11.9. The van der Waals surface area contributed by atoms with Crippen LogP contribution in [0.25, 0.3) is 0 Å². The lowest BCUT2D eigenvalue weighted by molar-refractivity contribution is -0.353. The quantitative estimate of drug-likeness (QED) is 0.223. The van der Waals surface area contributed by atoms with Crippen molar-refractivity contribution in [2.45, 2.75) is 145 Å². The highest BCUT2D eigenvalue weighted by atomic mass is 16.7. The van der Waals surface area contributed by atoms with Gasteiger partial charge in [-0.1, -0.05) is 19.8 Å². The number of fused-ring (bicyclic) bond motifs is 2. The molecule has 6 N–H and O–H groups in total. The predicted molar refractivity (Wildman–Crippen MR) is 134 cm³/mol. The molecule has 2 aliphatic carbocycles. The number of carboxylic acids is 1. The molecular weight excluding hydrogens is 532 g/mol. The molecule has 0 aromatic heterocycles. The molecule has 5 aliphatic rings. The summed E-state index contributed by atoms with van der Waals surface area (Å²) in [6, 6.07) is 0. The Labute approximate surface area is 233 Å². The fraction of sp³-hybridized carbons (Fsp3) is 0.963. The summed E-state index contributed by atoms with van der Waals surface area (Å²) in [7, 11) is 0. The van der Waals surface area contributed by atoms with Crippen LogP contribution in [0.3, 0.4) is 0 Å². The van der Waals surface area contributed by atoms with Gasteiger partial charge in [0, 0.05) is 0 Å². The Bertz CT molecular complexity index is 860. The van der Waals surface area contributed by atoms with Gasteiger partial charge >= 0.3 is 5.97 Å². The maximum Gasteiger partial charge on any atom is 0.332 e. The van der Waals surface area contributed by atoms with E-state index in [2.05, 4.69) is 0 Å². The first-order chi connectivity index (χ1) is 19.1. The summed E-state index contributed by atoms with van der Waals surface area (Å²) in [5, 5.41) is 61.7. The minimum Gasteiger partial charge on any atom is -0.479 e. The van der Waals surface area contributed by atoms with Crippen LogP contribution in [0, 0.1) is 11.8 Å². The van der Waals surface area contributed by atoms with Crippen LogP contribution in [0.15, 0.2) is 0 Å². The Balaban J connectivity index is 1.38. The summed E-state index contributed by atoms with van der Waals surface area (Å²) in [5.41, 5.74) is 0. The standard InChI is InChI=1S/C27H44O13/c1-3-12-5-4-6-14(22(12)40-26-21(32)20(31)18(29)11(2)35-26)38-27-24-23(19(30)17(10-28)39-27)36-15(25(33)34)8-7-13-9-16(13)37-24/h11-24,26-32H,3-10H2,1-2H3,(H,33,34)/t11?,12-,13?,14-,15-,16?,17?,18-,19+,20?,21+,22?,23?,24?,26+,27-/m1/s1. The van der Waals surface area contributed by atoms with Gasteiger partial charge < -0.3 is 59.1 Å². The van der Waals surface area contributed by atoms with E-state index >= 15 is 0 Å². The largest absolute Gasteiger partial charge is 0.479 e. The van der Waals surface area contributed by atoms with Gasteiger partial charge in [0.2, 0.25) is 0 Å². The van der Waals surface area contributed by atoms with Gasteiger partial charge in [-0.05, 0) is 50.9 Å². The van der Waals surface area contributed by atoms with Crippen molar-refractivity contribution in [2.24, 2.45) is 11.8 Å². The van der Waals surface area contributed by atoms with Gasteiger partial charge in [0.15, 0.2) is 18.7 Å². The van der Waals surface area contributed by atoms with Crippen molar-refractivity contribution in [3.05, 3.63) is 0 Å². The van der Waals surface area contributed by atoms with Crippen LogP contribution in [0.4, 0.5) is 0 Å². The molecule has 3 saturated heterocycles. The summed E-state index contributed by atoms with van der Waals surface area (Å²) >= 11 is 0. The second kappa shape index (κ2) is 12.7. The number of aliphatic hydroxyl groups is 5. The van der Waals surface area contributed by atoms with E-state index in [4.69, 9.17) is 28.4 Å². The topological polar surface area (TPSA) is 194 Å². The van der Waals surface area contributed by atoms with Crippen LogP contribution in [-0.4, -0.2) is 129 Å². The smallest absolute Gasteiger partial charge is 0.332 e. The Hall–Kier alpha value is -0.970. The SMILES string of the molecule is CC[C@@H]1CCC[C@@H](O[C@@H]2OC(CO)[C@H](O)C3O[C@@H](C(=O)O)CCC4CC4OC32)C1O[C@@H]1OC(C)[C@@H](O)C(O)[C@@H]1O. The van der Waals surface area contributed by atoms with E-state index in [0.717, 1.165) is 25.7 Å². The second-order valence-corrected chi connectivity index (χ2v) is 11.9. The molecule has 5 fully saturated rings. The zero-order valence-electron chi connectivity index (χ0n) is 22.9. The van der Waals surface area contributed by atoms with Crippen LogP contribution in [0.2, 0.25) is 0 Å². The van der Waals surface area contributed by atoms with Gasteiger partial charge in [0.25, 0.3) is 0 Å². The van der Waals surface area contributed by atoms with Crippen molar-refractivity contribution < 1.29 is 63.9 Å². The molecule has 40 heavy (non-hydrogen) atoms. The molecule has 13 nitrogen and oxygen atoms in total. The third kappa shape index (κ3) is 6.20. The van der Waals surface area contributed by atoms with Gasteiger partial charge in [-0.15, -0.1) is 0 Å². The number of carboxylic acid groups (broad SMARTS) is 1. The van der Waals surface area contributed by atoms with Gasteiger partial charge in [0.1, 0.15) is 42.7 Å². The molecule has 3 heterocycles. The Kier molecular flexibility index (Phi) is 9.69. The first-order valence-electron chi connectivity index (χ1n) is 14.6. The average Bonchev–Trinajstić information content (AvgIpc) is 3.67. The minimum absolute atomic E-state index is 0.0226. The predicted octanol–water partition coefficient (Wildman–Crippen LogP) is -0.722. The lowest BCUT2D eigenvalue weighted by atomic mass is 9.82. The fourth-order valence-electron chi connectivity index (χ4n) is 6.59. The monoisotopic (exact) mass is 576 g/mol. The Morgan fingerprint density at radius 1 is 0.850 bits per heavy atom. The molecule has 13 heteroatoms. The van der Waals surface area contributed by atoms with Crippen LogP contribution in [-0.2, 0) is 33.2 Å². The molecule has 0 amide bonds. The third-order valence-electron chi connectivity index (χ3n) is 9.21. The summed E-state index contributed by atoms with van der Waals surface area (Å²) < 4.78 is 36.7. The van der Waals surface area contributed by atoms with Crippen molar-refractivity contribution in [1.29, 1.82) is 0 Å². The molecule has 3 aliphatic heterocycles. The van der Waals surface area contributed by atoms with Gasteiger partial charge in [-0.25, -0.2) is 4.79 Å². The normalized spacial score (nSPS) is 51.5. The van der Waals surface area contributed by atoms with Crippen molar-refractivity contribution in [3.8, 4) is 0 Å². The Morgan fingerprint density at radius 2 is 1.62 bits per heavy atom. The molecule has 0 aromatic rings. The molecule has 16 atom stereocenters. The average molecular weight is 577 g/mol. The summed E-state index contributed by atoms with van der Waals surface area (Å²) in [6.45, 7) is 3.06. The maximum atomic E-state index is 11.9. The molecular formula is C27H44O13. The van der Waals surface area contributed by atoms with E-state index in [0.29, 0.717) is 12.8 Å². The van der Waals surface area contributed by atoms with Gasteiger partial charge in [0.05, 0.1) is 31.0 Å². The molecule has 8 unspecified atom stereocenters. The van der Waals surface area contributed by atoms with E-state index in [-0.39, 0.29) is 24.4 Å². The van der Waals surface area contributed by atoms with Crippen molar-refractivity contribution in [3.63, 3.8) is 0 Å². The summed E-state index contributed by atoms with van der Waals surface area (Å²) in [5.74, 6) is -0.926.